The normalized spacial score (nSPS) is 19.6. The van der Waals surface area contributed by atoms with Gasteiger partial charge in [-0.1, -0.05) is 12.5 Å². The summed E-state index contributed by atoms with van der Waals surface area (Å²) in [7, 11) is 3.42. The van der Waals surface area contributed by atoms with E-state index in [1.54, 1.807) is 26.0 Å². The lowest BCUT2D eigenvalue weighted by Crippen LogP contribution is -2.27. The summed E-state index contributed by atoms with van der Waals surface area (Å²) in [6, 6.07) is 4.67. The van der Waals surface area contributed by atoms with Gasteiger partial charge in [0.25, 0.3) is 0 Å². The lowest BCUT2D eigenvalue weighted by molar-refractivity contribution is 0.332. The fraction of sp³-hybridized carbons (Fsp3) is 0.571. The van der Waals surface area contributed by atoms with Crippen molar-refractivity contribution in [2.75, 3.05) is 27.0 Å². The molecule has 3 nitrogen and oxygen atoms in total. The Morgan fingerprint density at radius 1 is 1.17 bits per heavy atom. The van der Waals surface area contributed by atoms with Crippen LogP contribution in [0.2, 0.25) is 0 Å². The van der Waals surface area contributed by atoms with Gasteiger partial charge in [-0.3, -0.25) is 0 Å². The molecule has 1 fully saturated rings. The van der Waals surface area contributed by atoms with E-state index in [0.29, 0.717) is 6.04 Å². The van der Waals surface area contributed by atoms with Crippen LogP contribution in [0.4, 0.5) is 0 Å². The zero-order valence-corrected chi connectivity index (χ0v) is 12.1. The van der Waals surface area contributed by atoms with E-state index in [0.717, 1.165) is 29.4 Å². The summed E-state index contributed by atoms with van der Waals surface area (Å²) in [5.41, 5.74) is 1.21. The van der Waals surface area contributed by atoms with E-state index in [2.05, 4.69) is 23.7 Å². The van der Waals surface area contributed by atoms with Crippen molar-refractivity contribution in [2.24, 2.45) is 0 Å². The Hall–Kier alpha value is -0.870. The van der Waals surface area contributed by atoms with Gasteiger partial charge in [-0.05, 0) is 31.7 Å². The maximum absolute atomic E-state index is 5.58. The van der Waals surface area contributed by atoms with Gasteiger partial charge in [0.2, 0.25) is 0 Å². The lowest BCUT2D eigenvalue weighted by Gasteiger charge is -2.26. The molecule has 1 atom stereocenters. The van der Waals surface area contributed by atoms with Crippen molar-refractivity contribution in [3.8, 4) is 11.5 Å². The van der Waals surface area contributed by atoms with Gasteiger partial charge < -0.3 is 14.8 Å². The molecule has 0 amide bonds. The predicted octanol–water partition coefficient (Wildman–Crippen LogP) is 3.24. The summed E-state index contributed by atoms with van der Waals surface area (Å²) >= 11 is 1.68. The van der Waals surface area contributed by atoms with E-state index in [4.69, 9.17) is 9.47 Å². The minimum Gasteiger partial charge on any atom is -0.492 e. The van der Waals surface area contributed by atoms with Crippen molar-refractivity contribution in [1.29, 1.82) is 0 Å². The maximum Gasteiger partial charge on any atom is 0.174 e. The molecule has 0 radical (unpaired) electrons. The number of benzene rings is 1. The second-order valence-electron chi connectivity index (χ2n) is 4.43. The molecule has 1 N–H and O–H groups in total. The van der Waals surface area contributed by atoms with Crippen molar-refractivity contribution in [3.05, 3.63) is 17.7 Å². The Morgan fingerprint density at radius 2 is 1.94 bits per heavy atom. The van der Waals surface area contributed by atoms with Crippen LogP contribution in [0.25, 0.3) is 0 Å². The number of ether oxygens (including phenoxy) is 2. The zero-order valence-electron chi connectivity index (χ0n) is 11.3. The van der Waals surface area contributed by atoms with E-state index >= 15 is 0 Å². The van der Waals surface area contributed by atoms with E-state index < -0.39 is 0 Å². The fourth-order valence-electron chi connectivity index (χ4n) is 2.52. The molecule has 1 unspecified atom stereocenters. The van der Waals surface area contributed by atoms with E-state index in [1.807, 2.05) is 0 Å². The third kappa shape index (κ3) is 2.59. The van der Waals surface area contributed by atoms with Gasteiger partial charge in [0, 0.05) is 11.6 Å². The second-order valence-corrected chi connectivity index (χ2v) is 5.27. The van der Waals surface area contributed by atoms with Crippen LogP contribution in [-0.2, 0) is 0 Å². The number of methoxy groups -OCH3 is 2. The number of rotatable bonds is 4. The molecular weight excluding hydrogens is 246 g/mol. The zero-order chi connectivity index (χ0) is 13.0. The Morgan fingerprint density at radius 3 is 2.50 bits per heavy atom. The first-order valence-electron chi connectivity index (χ1n) is 6.34. The molecule has 0 spiro atoms. The highest BCUT2D eigenvalue weighted by atomic mass is 32.2. The number of thioether (sulfide) groups is 1. The molecule has 1 aromatic rings. The Balaban J connectivity index is 2.40. The Labute approximate surface area is 113 Å². The van der Waals surface area contributed by atoms with Crippen LogP contribution in [0.3, 0.4) is 0 Å². The highest BCUT2D eigenvalue weighted by molar-refractivity contribution is 7.98. The molecule has 1 heterocycles. The van der Waals surface area contributed by atoms with Crippen molar-refractivity contribution in [1.82, 2.24) is 5.32 Å². The van der Waals surface area contributed by atoms with E-state index in [-0.39, 0.29) is 0 Å². The second kappa shape index (κ2) is 6.34. The summed E-state index contributed by atoms with van der Waals surface area (Å²) in [4.78, 5) is 1.12. The third-order valence-corrected chi connectivity index (χ3v) is 4.18. The molecule has 0 saturated carbocycles. The molecule has 100 valence electrons. The fourth-order valence-corrected chi connectivity index (χ4v) is 3.08. The number of piperidine rings is 1. The maximum atomic E-state index is 5.58. The van der Waals surface area contributed by atoms with Crippen LogP contribution in [0.15, 0.2) is 17.0 Å². The van der Waals surface area contributed by atoms with Crippen LogP contribution in [-0.4, -0.2) is 27.0 Å². The Bertz CT molecular complexity index is 403. The van der Waals surface area contributed by atoms with Gasteiger partial charge in [-0.25, -0.2) is 0 Å². The van der Waals surface area contributed by atoms with Gasteiger partial charge in [-0.2, -0.15) is 0 Å². The largest absolute Gasteiger partial charge is 0.492 e. The number of nitrogens with one attached hydrogen (secondary N) is 1. The summed E-state index contributed by atoms with van der Waals surface area (Å²) in [5, 5.41) is 3.56. The third-order valence-electron chi connectivity index (χ3n) is 3.42. The molecule has 1 saturated heterocycles. The average molecular weight is 267 g/mol. The first-order chi connectivity index (χ1) is 8.81. The monoisotopic (exact) mass is 267 g/mol. The highest BCUT2D eigenvalue weighted by Crippen LogP contribution is 2.42. The lowest BCUT2D eigenvalue weighted by atomic mass is 9.96. The predicted molar refractivity (Wildman–Crippen MR) is 75.9 cm³/mol. The standard InChI is InChI=1S/C14H21NO2S/c1-16-13-10(11-6-4-5-9-15-11)7-8-12(18-3)14(13)17-2/h7-8,11,15H,4-6,9H2,1-3H3. The molecule has 1 aliphatic rings. The quantitative estimate of drug-likeness (QED) is 0.848. The molecular formula is C14H21NO2S. The van der Waals surface area contributed by atoms with Gasteiger partial charge in [-0.15, -0.1) is 11.8 Å². The van der Waals surface area contributed by atoms with Crippen molar-refractivity contribution >= 4 is 11.8 Å². The molecule has 2 rings (SSSR count). The molecule has 0 aliphatic carbocycles. The van der Waals surface area contributed by atoms with Crippen molar-refractivity contribution in [3.63, 3.8) is 0 Å². The van der Waals surface area contributed by atoms with Gasteiger partial charge in [0.1, 0.15) is 0 Å². The molecule has 1 aromatic carbocycles. The summed E-state index contributed by atoms with van der Waals surface area (Å²) in [5.74, 6) is 1.73. The summed E-state index contributed by atoms with van der Waals surface area (Å²) in [6.07, 6.45) is 5.75. The van der Waals surface area contributed by atoms with Crippen LogP contribution < -0.4 is 14.8 Å². The van der Waals surface area contributed by atoms with Gasteiger partial charge in [0.05, 0.1) is 19.1 Å². The first kappa shape index (κ1) is 13.6. The smallest absolute Gasteiger partial charge is 0.174 e. The van der Waals surface area contributed by atoms with Gasteiger partial charge >= 0.3 is 0 Å². The number of hydrogen-bond donors (Lipinski definition) is 1. The summed E-state index contributed by atoms with van der Waals surface area (Å²) in [6.45, 7) is 1.08. The Kier molecular flexibility index (Phi) is 4.78. The van der Waals surface area contributed by atoms with E-state index in [9.17, 15) is 0 Å². The number of hydrogen-bond acceptors (Lipinski definition) is 4. The van der Waals surface area contributed by atoms with Crippen LogP contribution >= 0.6 is 11.8 Å². The van der Waals surface area contributed by atoms with Crippen molar-refractivity contribution < 1.29 is 9.47 Å². The highest BCUT2D eigenvalue weighted by Gasteiger charge is 2.22. The van der Waals surface area contributed by atoms with Crippen molar-refractivity contribution in [2.45, 2.75) is 30.2 Å². The average Bonchev–Trinajstić information content (AvgIpc) is 2.46. The molecule has 0 aromatic heterocycles. The molecule has 4 heteroatoms. The van der Waals surface area contributed by atoms with Crippen LogP contribution in [0.1, 0.15) is 30.9 Å². The molecule has 18 heavy (non-hydrogen) atoms. The van der Waals surface area contributed by atoms with Crippen LogP contribution in [0, 0.1) is 0 Å². The van der Waals surface area contributed by atoms with Crippen LogP contribution in [0.5, 0.6) is 11.5 Å². The molecule has 1 aliphatic heterocycles. The summed E-state index contributed by atoms with van der Waals surface area (Å²) < 4.78 is 11.1. The molecule has 0 bridgehead atoms. The van der Waals surface area contributed by atoms with E-state index in [1.165, 1.54) is 18.4 Å². The minimum absolute atomic E-state index is 0.388. The first-order valence-corrected chi connectivity index (χ1v) is 7.56. The van der Waals surface area contributed by atoms with Gasteiger partial charge in [0.15, 0.2) is 11.5 Å². The SMILES string of the molecule is COc1c(SC)ccc(C2CCCCN2)c1OC. The minimum atomic E-state index is 0.388. The topological polar surface area (TPSA) is 30.5 Å².